The minimum absolute atomic E-state index is 0.00388. The molecular formula is C18H21N5O3S. The first-order chi connectivity index (χ1) is 13.1. The van der Waals surface area contributed by atoms with Gasteiger partial charge < -0.3 is 14.6 Å². The Hall–Kier alpha value is -2.68. The van der Waals surface area contributed by atoms with Gasteiger partial charge in [0.05, 0.1) is 6.26 Å². The Labute approximate surface area is 159 Å². The number of anilines is 1. The highest BCUT2D eigenvalue weighted by atomic mass is 32.1. The van der Waals surface area contributed by atoms with Gasteiger partial charge in [-0.15, -0.1) is 5.10 Å². The van der Waals surface area contributed by atoms with E-state index >= 15 is 0 Å². The predicted octanol–water partition coefficient (Wildman–Crippen LogP) is 1.95. The van der Waals surface area contributed by atoms with Crippen LogP contribution in [0, 0.1) is 5.92 Å². The molecule has 0 bridgehead atoms. The van der Waals surface area contributed by atoms with E-state index in [1.165, 1.54) is 28.5 Å². The summed E-state index contributed by atoms with van der Waals surface area (Å²) in [5, 5.41) is 7.94. The Kier molecular flexibility index (Phi) is 4.93. The largest absolute Gasteiger partial charge is 0.469 e. The lowest BCUT2D eigenvalue weighted by Crippen LogP contribution is -2.35. The third kappa shape index (κ3) is 3.73. The quantitative estimate of drug-likeness (QED) is 0.719. The molecule has 3 aromatic rings. The van der Waals surface area contributed by atoms with Crippen molar-refractivity contribution in [1.29, 1.82) is 0 Å². The van der Waals surface area contributed by atoms with Gasteiger partial charge in [0.15, 0.2) is 0 Å². The molecule has 4 rings (SSSR count). The number of hydrogen-bond acceptors (Lipinski definition) is 7. The second-order valence-corrected chi connectivity index (χ2v) is 7.77. The fourth-order valence-electron chi connectivity index (χ4n) is 3.27. The summed E-state index contributed by atoms with van der Waals surface area (Å²) in [4.78, 5) is 32.0. The summed E-state index contributed by atoms with van der Waals surface area (Å²) in [6, 6.07) is 3.64. The number of piperidine rings is 1. The average Bonchev–Trinajstić information content (AvgIpc) is 3.32. The second-order valence-electron chi connectivity index (χ2n) is 6.83. The molecule has 0 aromatic carbocycles. The summed E-state index contributed by atoms with van der Waals surface area (Å²) < 4.78 is 6.46. The lowest BCUT2D eigenvalue weighted by atomic mass is 10.0. The van der Waals surface area contributed by atoms with Crippen molar-refractivity contribution in [3.05, 3.63) is 46.3 Å². The van der Waals surface area contributed by atoms with Gasteiger partial charge in [0.2, 0.25) is 10.1 Å². The highest BCUT2D eigenvalue weighted by molar-refractivity contribution is 7.20. The first-order valence-electron chi connectivity index (χ1n) is 9.06. The van der Waals surface area contributed by atoms with Crippen molar-refractivity contribution in [3.8, 4) is 0 Å². The maximum atomic E-state index is 12.7. The fraction of sp³-hybridized carbons (Fsp3) is 0.444. The van der Waals surface area contributed by atoms with Gasteiger partial charge in [0.1, 0.15) is 11.3 Å². The number of carbonyl (C=O) groups excluding carboxylic acids is 1. The first kappa shape index (κ1) is 17.7. The van der Waals surface area contributed by atoms with E-state index in [9.17, 15) is 9.59 Å². The van der Waals surface area contributed by atoms with E-state index in [4.69, 9.17) is 4.42 Å². The van der Waals surface area contributed by atoms with Crippen LogP contribution in [-0.4, -0.2) is 40.1 Å². The number of furan rings is 1. The van der Waals surface area contributed by atoms with Crippen LogP contribution < -0.4 is 15.8 Å². The molecule has 1 aliphatic heterocycles. The Morgan fingerprint density at radius 1 is 1.48 bits per heavy atom. The maximum Gasteiger partial charge on any atom is 0.288 e. The molecule has 1 amide bonds. The molecule has 4 heterocycles. The molecule has 9 heteroatoms. The van der Waals surface area contributed by atoms with Crippen molar-refractivity contribution in [2.75, 3.05) is 24.5 Å². The van der Waals surface area contributed by atoms with Crippen molar-refractivity contribution in [1.82, 2.24) is 19.9 Å². The average molecular weight is 387 g/mol. The van der Waals surface area contributed by atoms with Crippen LogP contribution >= 0.6 is 11.3 Å². The number of nitrogens with zero attached hydrogens (tertiary/aromatic N) is 4. The molecular weight excluding hydrogens is 366 g/mol. The number of aromatic nitrogens is 3. The molecule has 1 atom stereocenters. The third-order valence-corrected chi connectivity index (χ3v) is 5.67. The normalized spacial score (nSPS) is 17.4. The van der Waals surface area contributed by atoms with Crippen molar-refractivity contribution in [2.24, 2.45) is 5.92 Å². The Bertz CT molecular complexity index is 994. The number of rotatable bonds is 5. The topological polar surface area (TPSA) is 92.7 Å². The van der Waals surface area contributed by atoms with E-state index in [-0.39, 0.29) is 5.56 Å². The van der Waals surface area contributed by atoms with E-state index < -0.39 is 11.5 Å². The van der Waals surface area contributed by atoms with Crippen LogP contribution in [0.3, 0.4) is 0 Å². The summed E-state index contributed by atoms with van der Waals surface area (Å²) in [5.74, 6) is 0.932. The van der Waals surface area contributed by atoms with E-state index in [0.717, 1.165) is 30.4 Å². The Balaban J connectivity index is 1.51. The van der Waals surface area contributed by atoms with E-state index in [1.807, 2.05) is 6.07 Å². The zero-order chi connectivity index (χ0) is 18.8. The molecule has 0 unspecified atom stereocenters. The highest BCUT2D eigenvalue weighted by Gasteiger charge is 2.22. The molecule has 3 aromatic heterocycles. The molecule has 0 spiro atoms. The standard InChI is InChI=1S/C18H21N5O3S/c1-12-4-2-8-22(11-12)18-21-23-16(25)14(10-20-17(23)27-18)15(24)19-7-6-13-5-3-9-26-13/h3,5,9-10,12H,2,4,6-8,11H2,1H3,(H,19,24)/t12-/m1/s1. The Morgan fingerprint density at radius 3 is 3.15 bits per heavy atom. The lowest BCUT2D eigenvalue weighted by molar-refractivity contribution is 0.0951. The molecule has 0 aliphatic carbocycles. The predicted molar refractivity (Wildman–Crippen MR) is 102 cm³/mol. The minimum atomic E-state index is -0.449. The zero-order valence-corrected chi connectivity index (χ0v) is 15.9. The minimum Gasteiger partial charge on any atom is -0.469 e. The molecule has 0 radical (unpaired) electrons. The highest BCUT2D eigenvalue weighted by Crippen LogP contribution is 2.26. The number of amides is 1. The zero-order valence-electron chi connectivity index (χ0n) is 15.1. The van der Waals surface area contributed by atoms with Crippen LogP contribution in [0.4, 0.5) is 5.13 Å². The molecule has 27 heavy (non-hydrogen) atoms. The number of carbonyl (C=O) groups is 1. The summed E-state index contributed by atoms with van der Waals surface area (Å²) in [5.41, 5.74) is -0.445. The van der Waals surface area contributed by atoms with Crippen LogP contribution in [0.5, 0.6) is 0 Å². The number of hydrogen-bond donors (Lipinski definition) is 1. The second kappa shape index (κ2) is 7.51. The summed E-state index contributed by atoms with van der Waals surface area (Å²) >= 11 is 1.38. The first-order valence-corrected chi connectivity index (χ1v) is 9.88. The van der Waals surface area contributed by atoms with Gasteiger partial charge in [-0.3, -0.25) is 9.59 Å². The molecule has 0 saturated carbocycles. The van der Waals surface area contributed by atoms with Crippen molar-refractivity contribution in [2.45, 2.75) is 26.2 Å². The lowest BCUT2D eigenvalue weighted by Gasteiger charge is -2.30. The molecule has 1 saturated heterocycles. The van der Waals surface area contributed by atoms with Gasteiger partial charge in [0, 0.05) is 32.3 Å². The molecule has 142 valence electrons. The van der Waals surface area contributed by atoms with Gasteiger partial charge in [-0.05, 0) is 30.9 Å². The Morgan fingerprint density at radius 2 is 2.37 bits per heavy atom. The fourth-order valence-corrected chi connectivity index (χ4v) is 4.17. The van der Waals surface area contributed by atoms with Crippen molar-refractivity contribution < 1.29 is 9.21 Å². The van der Waals surface area contributed by atoms with Crippen LogP contribution in [0.2, 0.25) is 0 Å². The molecule has 1 aliphatic rings. The molecule has 1 N–H and O–H groups in total. The van der Waals surface area contributed by atoms with E-state index in [1.54, 1.807) is 12.3 Å². The maximum absolute atomic E-state index is 12.7. The van der Waals surface area contributed by atoms with Gasteiger partial charge >= 0.3 is 0 Å². The van der Waals surface area contributed by atoms with Crippen LogP contribution in [-0.2, 0) is 6.42 Å². The van der Waals surface area contributed by atoms with Crippen LogP contribution in [0.25, 0.3) is 4.96 Å². The van der Waals surface area contributed by atoms with E-state index in [0.29, 0.717) is 23.8 Å². The van der Waals surface area contributed by atoms with Crippen molar-refractivity contribution >= 4 is 27.3 Å². The summed E-state index contributed by atoms with van der Waals surface area (Å²) in [7, 11) is 0. The molecule has 1 fully saturated rings. The SMILES string of the molecule is C[C@@H]1CCCN(c2nn3c(=O)c(C(=O)NCCc4ccco4)cnc3s2)C1. The summed E-state index contributed by atoms with van der Waals surface area (Å²) in [6.45, 7) is 4.45. The van der Waals surface area contributed by atoms with E-state index in [2.05, 4.69) is 27.2 Å². The number of nitrogens with one attached hydrogen (secondary N) is 1. The van der Waals surface area contributed by atoms with Crippen LogP contribution in [0.1, 0.15) is 35.9 Å². The van der Waals surface area contributed by atoms with Crippen molar-refractivity contribution in [3.63, 3.8) is 0 Å². The summed E-state index contributed by atoms with van der Waals surface area (Å²) in [6.07, 6.45) is 5.80. The van der Waals surface area contributed by atoms with Gasteiger partial charge in [-0.1, -0.05) is 18.3 Å². The van der Waals surface area contributed by atoms with Gasteiger partial charge in [-0.25, -0.2) is 4.98 Å². The number of fused-ring (bicyclic) bond motifs is 1. The third-order valence-electron chi connectivity index (χ3n) is 4.69. The smallest absolute Gasteiger partial charge is 0.288 e. The van der Waals surface area contributed by atoms with Gasteiger partial charge in [-0.2, -0.15) is 4.52 Å². The van der Waals surface area contributed by atoms with Crippen LogP contribution in [0.15, 0.2) is 33.8 Å². The monoisotopic (exact) mass is 387 g/mol. The van der Waals surface area contributed by atoms with Gasteiger partial charge in [0.25, 0.3) is 11.5 Å². The molecule has 8 nitrogen and oxygen atoms in total.